The molecule has 3 atom stereocenters. The van der Waals surface area contributed by atoms with Crippen LogP contribution in [0.4, 0.5) is 4.79 Å². The van der Waals surface area contributed by atoms with Crippen LogP contribution >= 0.6 is 0 Å². The number of aliphatic hydroxyl groups excluding tert-OH is 1. The van der Waals surface area contributed by atoms with E-state index in [1.165, 1.54) is 4.90 Å². The zero-order valence-corrected chi connectivity index (χ0v) is 10.3. The van der Waals surface area contributed by atoms with Crippen LogP contribution in [0.1, 0.15) is 38.5 Å². The quantitative estimate of drug-likeness (QED) is 0.673. The van der Waals surface area contributed by atoms with Gasteiger partial charge < -0.3 is 20.4 Å². The molecular formula is C12H20N2O4. The van der Waals surface area contributed by atoms with E-state index in [0.29, 0.717) is 19.4 Å². The lowest BCUT2D eigenvalue weighted by molar-refractivity contribution is -0.141. The minimum absolute atomic E-state index is 0.235. The lowest BCUT2D eigenvalue weighted by atomic mass is 9.93. The first-order valence-electron chi connectivity index (χ1n) is 6.57. The van der Waals surface area contributed by atoms with Crippen LogP contribution in [0.2, 0.25) is 0 Å². The molecule has 0 aromatic heterocycles. The van der Waals surface area contributed by atoms with Gasteiger partial charge in [-0.3, -0.25) is 0 Å². The maximum Gasteiger partial charge on any atom is 0.326 e. The van der Waals surface area contributed by atoms with Crippen molar-refractivity contribution in [1.29, 1.82) is 0 Å². The number of aliphatic carboxylic acids is 1. The van der Waals surface area contributed by atoms with Gasteiger partial charge in [0, 0.05) is 6.54 Å². The lowest BCUT2D eigenvalue weighted by Gasteiger charge is -2.31. The van der Waals surface area contributed by atoms with Crippen LogP contribution in [0, 0.1) is 0 Å². The first-order chi connectivity index (χ1) is 8.59. The molecule has 18 heavy (non-hydrogen) atoms. The van der Waals surface area contributed by atoms with Crippen molar-refractivity contribution in [1.82, 2.24) is 10.2 Å². The van der Waals surface area contributed by atoms with Gasteiger partial charge in [-0.25, -0.2) is 9.59 Å². The number of hydrogen-bond donors (Lipinski definition) is 3. The second-order valence-corrected chi connectivity index (χ2v) is 5.10. The Balaban J connectivity index is 1.92. The fourth-order valence-corrected chi connectivity index (χ4v) is 2.79. The number of carboxylic acids is 1. The van der Waals surface area contributed by atoms with Gasteiger partial charge in [0.2, 0.25) is 0 Å². The van der Waals surface area contributed by atoms with Crippen LogP contribution in [-0.4, -0.2) is 51.8 Å². The Kier molecular flexibility index (Phi) is 4.06. The zero-order chi connectivity index (χ0) is 13.1. The molecule has 0 bridgehead atoms. The number of urea groups is 1. The van der Waals surface area contributed by atoms with E-state index in [1.54, 1.807) is 0 Å². The predicted octanol–water partition coefficient (Wildman–Crippen LogP) is 0.548. The maximum atomic E-state index is 12.0. The Bertz CT molecular complexity index is 334. The molecule has 1 heterocycles. The van der Waals surface area contributed by atoms with Crippen molar-refractivity contribution >= 4 is 12.0 Å². The largest absolute Gasteiger partial charge is 0.480 e. The Morgan fingerprint density at radius 2 is 1.83 bits per heavy atom. The number of amides is 2. The van der Waals surface area contributed by atoms with E-state index < -0.39 is 18.1 Å². The van der Waals surface area contributed by atoms with Crippen molar-refractivity contribution in [3.05, 3.63) is 0 Å². The number of nitrogens with zero attached hydrogens (tertiary/aromatic N) is 1. The standard InChI is InChI=1S/C12H20N2O4/c15-10-6-2-1-4-8(10)13-12(18)14-7-3-5-9(14)11(16)17/h8-10,15H,1-7H2,(H,13,18)(H,16,17)/t8?,9-,10?/m0/s1. The molecule has 1 aliphatic heterocycles. The Hall–Kier alpha value is -1.30. The minimum atomic E-state index is -0.952. The third kappa shape index (κ3) is 2.75. The van der Waals surface area contributed by atoms with Crippen LogP contribution in [0.5, 0.6) is 0 Å². The van der Waals surface area contributed by atoms with E-state index in [4.69, 9.17) is 5.11 Å². The fourth-order valence-electron chi connectivity index (χ4n) is 2.79. The third-order valence-corrected chi connectivity index (χ3v) is 3.84. The Morgan fingerprint density at radius 3 is 2.50 bits per heavy atom. The van der Waals surface area contributed by atoms with E-state index in [0.717, 1.165) is 25.7 Å². The summed E-state index contributed by atoms with van der Waals surface area (Å²) in [6, 6.07) is -1.31. The van der Waals surface area contributed by atoms with Crippen LogP contribution < -0.4 is 5.32 Å². The summed E-state index contributed by atoms with van der Waals surface area (Å²) in [6.45, 7) is 0.478. The molecule has 102 valence electrons. The molecule has 0 radical (unpaired) electrons. The average molecular weight is 256 g/mol. The number of hydrogen-bond acceptors (Lipinski definition) is 3. The van der Waals surface area contributed by atoms with Crippen LogP contribution in [0.15, 0.2) is 0 Å². The molecule has 0 spiro atoms. The second kappa shape index (κ2) is 5.56. The molecule has 2 fully saturated rings. The van der Waals surface area contributed by atoms with Gasteiger partial charge in [-0.15, -0.1) is 0 Å². The highest BCUT2D eigenvalue weighted by Crippen LogP contribution is 2.21. The monoisotopic (exact) mass is 256 g/mol. The second-order valence-electron chi connectivity index (χ2n) is 5.10. The summed E-state index contributed by atoms with van der Waals surface area (Å²) < 4.78 is 0. The molecule has 0 aromatic carbocycles. The van der Waals surface area contributed by atoms with Crippen molar-refractivity contribution in [2.24, 2.45) is 0 Å². The van der Waals surface area contributed by atoms with Gasteiger partial charge in [0.1, 0.15) is 6.04 Å². The van der Waals surface area contributed by atoms with E-state index in [-0.39, 0.29) is 12.1 Å². The van der Waals surface area contributed by atoms with E-state index >= 15 is 0 Å². The zero-order valence-electron chi connectivity index (χ0n) is 10.3. The summed E-state index contributed by atoms with van der Waals surface area (Å²) in [5.74, 6) is -0.952. The predicted molar refractivity (Wildman–Crippen MR) is 64.2 cm³/mol. The van der Waals surface area contributed by atoms with Gasteiger partial charge >= 0.3 is 12.0 Å². The van der Waals surface area contributed by atoms with Gasteiger partial charge in [-0.2, -0.15) is 0 Å². The van der Waals surface area contributed by atoms with Crippen molar-refractivity contribution < 1.29 is 19.8 Å². The van der Waals surface area contributed by atoms with Crippen molar-refractivity contribution in [2.75, 3.05) is 6.54 Å². The third-order valence-electron chi connectivity index (χ3n) is 3.84. The highest BCUT2D eigenvalue weighted by molar-refractivity contribution is 5.83. The number of carbonyl (C=O) groups excluding carboxylic acids is 1. The molecule has 0 aromatic rings. The number of aliphatic hydroxyl groups is 1. The van der Waals surface area contributed by atoms with Crippen LogP contribution in [0.3, 0.4) is 0 Å². The molecule has 2 amide bonds. The van der Waals surface area contributed by atoms with Gasteiger partial charge in [-0.1, -0.05) is 12.8 Å². The summed E-state index contributed by atoms with van der Waals surface area (Å²) in [7, 11) is 0. The summed E-state index contributed by atoms with van der Waals surface area (Å²) in [5.41, 5.74) is 0. The summed E-state index contributed by atoms with van der Waals surface area (Å²) >= 11 is 0. The van der Waals surface area contributed by atoms with E-state index in [1.807, 2.05) is 0 Å². The normalized spacial score (nSPS) is 32.3. The molecule has 2 aliphatic rings. The van der Waals surface area contributed by atoms with Gasteiger partial charge in [0.05, 0.1) is 12.1 Å². The topological polar surface area (TPSA) is 89.9 Å². The molecular weight excluding hydrogens is 236 g/mol. The fraction of sp³-hybridized carbons (Fsp3) is 0.833. The lowest BCUT2D eigenvalue weighted by Crippen LogP contribution is -2.52. The Morgan fingerprint density at radius 1 is 1.11 bits per heavy atom. The molecule has 1 aliphatic carbocycles. The van der Waals surface area contributed by atoms with Gasteiger partial charge in [0.15, 0.2) is 0 Å². The van der Waals surface area contributed by atoms with Crippen molar-refractivity contribution in [3.8, 4) is 0 Å². The maximum absolute atomic E-state index is 12.0. The minimum Gasteiger partial charge on any atom is -0.480 e. The SMILES string of the molecule is O=C(O)[C@@H]1CCCN1C(=O)NC1CCCCC1O. The van der Waals surface area contributed by atoms with Crippen molar-refractivity contribution in [2.45, 2.75) is 56.7 Å². The summed E-state index contributed by atoms with van der Waals surface area (Å²) in [5, 5.41) is 21.6. The smallest absolute Gasteiger partial charge is 0.326 e. The molecule has 6 nitrogen and oxygen atoms in total. The number of carbonyl (C=O) groups is 2. The van der Waals surface area contributed by atoms with Crippen LogP contribution in [-0.2, 0) is 4.79 Å². The van der Waals surface area contributed by atoms with Crippen LogP contribution in [0.25, 0.3) is 0 Å². The number of rotatable bonds is 2. The van der Waals surface area contributed by atoms with Gasteiger partial charge in [0.25, 0.3) is 0 Å². The number of likely N-dealkylation sites (tertiary alicyclic amines) is 1. The van der Waals surface area contributed by atoms with Crippen molar-refractivity contribution in [3.63, 3.8) is 0 Å². The number of nitrogens with one attached hydrogen (secondary N) is 1. The van der Waals surface area contributed by atoms with E-state index in [9.17, 15) is 14.7 Å². The number of carboxylic acid groups (broad SMARTS) is 1. The average Bonchev–Trinajstić information content (AvgIpc) is 2.81. The molecule has 3 N–H and O–H groups in total. The molecule has 1 saturated heterocycles. The highest BCUT2D eigenvalue weighted by atomic mass is 16.4. The molecule has 6 heteroatoms. The van der Waals surface area contributed by atoms with Gasteiger partial charge in [-0.05, 0) is 25.7 Å². The Labute approximate surface area is 106 Å². The summed E-state index contributed by atoms with van der Waals surface area (Å²) in [6.07, 6.45) is 4.16. The highest BCUT2D eigenvalue weighted by Gasteiger charge is 2.35. The first-order valence-corrected chi connectivity index (χ1v) is 6.57. The summed E-state index contributed by atoms with van der Waals surface area (Å²) in [4.78, 5) is 24.4. The molecule has 1 saturated carbocycles. The van der Waals surface area contributed by atoms with E-state index in [2.05, 4.69) is 5.32 Å². The first kappa shape index (κ1) is 13.1. The molecule has 2 unspecified atom stereocenters. The molecule has 2 rings (SSSR count).